The lowest BCUT2D eigenvalue weighted by Crippen LogP contribution is -2.21. The van der Waals surface area contributed by atoms with Gasteiger partial charge in [-0.05, 0) is 116 Å². The highest BCUT2D eigenvalue weighted by atomic mass is 32.1. The molecule has 3 heteroatoms. The van der Waals surface area contributed by atoms with Gasteiger partial charge in [0.2, 0.25) is 0 Å². The molecule has 1 aliphatic carbocycles. The van der Waals surface area contributed by atoms with Gasteiger partial charge in [-0.25, -0.2) is 0 Å². The van der Waals surface area contributed by atoms with Crippen LogP contribution >= 0.6 is 11.3 Å². The topological polar surface area (TPSA) is 29.3 Å². The van der Waals surface area contributed by atoms with Crippen LogP contribution in [0.5, 0.6) is 0 Å². The largest absolute Gasteiger partial charge is 0.403 e. The van der Waals surface area contributed by atoms with E-state index < -0.39 is 0 Å². The Bertz CT molecular complexity index is 3190. The Hall–Kier alpha value is -6.68. The molecule has 1 aliphatic heterocycles. The third kappa shape index (κ3) is 5.02. The smallest absolute Gasteiger partial charge is 0.0691 e. The first kappa shape index (κ1) is 33.6. The minimum absolute atomic E-state index is 0.110. The molecule has 0 fully saturated rings. The molecule has 8 aromatic carbocycles. The summed E-state index contributed by atoms with van der Waals surface area (Å²) < 4.78 is 2.60. The van der Waals surface area contributed by atoms with E-state index in [1.54, 1.807) is 6.20 Å². The van der Waals surface area contributed by atoms with Crippen LogP contribution in [0.2, 0.25) is 0 Å². The Kier molecular flexibility index (Phi) is 7.48. The van der Waals surface area contributed by atoms with Crippen LogP contribution < -0.4 is 10.6 Å². The van der Waals surface area contributed by atoms with Crippen molar-refractivity contribution in [3.8, 4) is 44.5 Å². The maximum absolute atomic E-state index is 6.81. The predicted octanol–water partition coefficient (Wildman–Crippen LogP) is 14.9. The van der Waals surface area contributed by atoms with Crippen molar-refractivity contribution in [2.75, 3.05) is 4.90 Å². The SMILES string of the molecule is C/C=C1\C(=C/N)N(c2cc(-c3ccc4c(c3)C(C)(C)c3ccccc3-4)cc(-c3ccc4c(c3)sc3ccccc34)c2)c2ccccc2-c2cccc3cccc1c23. The zero-order chi connectivity index (χ0) is 38.4. The van der Waals surface area contributed by atoms with E-state index in [0.29, 0.717) is 0 Å². The van der Waals surface area contributed by atoms with Crippen LogP contribution in [0.1, 0.15) is 37.5 Å². The fourth-order valence-corrected chi connectivity index (χ4v) is 10.8. The molecular weight excluding hydrogens is 709 g/mol. The summed E-state index contributed by atoms with van der Waals surface area (Å²) >= 11 is 1.86. The van der Waals surface area contributed by atoms with E-state index in [-0.39, 0.29) is 5.41 Å². The standard InChI is InChI=1S/C54H40N2S/c1-4-39-45-18-11-13-33-14-12-19-46(53(33)45)42-16-6-9-21-49(42)56(50(39)32-55)38-28-36(34-23-25-41-40-15-5-8-20-47(40)54(2,3)48(41)30-34)27-37(29-38)35-24-26-44-43-17-7-10-22-51(43)57-52(44)31-35/h4-32H,55H2,1-3H3/b39-4-,50-32+. The van der Waals surface area contributed by atoms with E-state index in [9.17, 15) is 0 Å². The molecular formula is C54H40N2S. The third-order valence-corrected chi connectivity index (χ3v) is 13.5. The van der Waals surface area contributed by atoms with Gasteiger partial charge in [0.15, 0.2) is 0 Å². The number of allylic oxidation sites excluding steroid dienone is 2. The minimum Gasteiger partial charge on any atom is -0.403 e. The first-order chi connectivity index (χ1) is 27.9. The van der Waals surface area contributed by atoms with Crippen LogP contribution in [-0.4, -0.2) is 0 Å². The van der Waals surface area contributed by atoms with Gasteiger partial charge >= 0.3 is 0 Å². The summed E-state index contributed by atoms with van der Waals surface area (Å²) in [5, 5.41) is 5.07. The van der Waals surface area contributed by atoms with E-state index in [4.69, 9.17) is 5.73 Å². The Labute approximate surface area is 337 Å². The molecule has 0 atom stereocenters. The zero-order valence-corrected chi connectivity index (χ0v) is 33.0. The van der Waals surface area contributed by atoms with Crippen molar-refractivity contribution in [3.63, 3.8) is 0 Å². The molecule has 9 aromatic rings. The summed E-state index contributed by atoms with van der Waals surface area (Å²) in [5.41, 5.74) is 24.5. The van der Waals surface area contributed by atoms with E-state index in [0.717, 1.165) is 33.8 Å². The number of nitrogens with zero attached hydrogens (tertiary/aromatic N) is 1. The summed E-state index contributed by atoms with van der Waals surface area (Å²) in [6, 6.07) is 60.8. The van der Waals surface area contributed by atoms with E-state index in [1.165, 1.54) is 81.0 Å². The maximum Gasteiger partial charge on any atom is 0.0691 e. The summed E-state index contributed by atoms with van der Waals surface area (Å²) in [5.74, 6) is 0. The van der Waals surface area contributed by atoms with E-state index in [2.05, 4.69) is 196 Å². The highest BCUT2D eigenvalue weighted by Crippen LogP contribution is 2.52. The van der Waals surface area contributed by atoms with Crippen molar-refractivity contribution in [1.29, 1.82) is 0 Å². The van der Waals surface area contributed by atoms with Crippen LogP contribution in [0.25, 0.3) is 81.0 Å². The van der Waals surface area contributed by atoms with Gasteiger partial charge in [-0.3, -0.25) is 0 Å². The number of para-hydroxylation sites is 1. The lowest BCUT2D eigenvalue weighted by molar-refractivity contribution is 0.660. The predicted molar refractivity (Wildman–Crippen MR) is 245 cm³/mol. The van der Waals surface area contributed by atoms with Crippen molar-refractivity contribution < 1.29 is 0 Å². The Morgan fingerprint density at radius 1 is 0.526 bits per heavy atom. The second-order valence-electron chi connectivity index (χ2n) is 15.8. The quantitative estimate of drug-likeness (QED) is 0.195. The van der Waals surface area contributed by atoms with Crippen molar-refractivity contribution in [2.45, 2.75) is 26.2 Å². The van der Waals surface area contributed by atoms with Gasteiger partial charge in [-0.1, -0.05) is 141 Å². The molecule has 2 aliphatic rings. The lowest BCUT2D eigenvalue weighted by Gasteiger charge is -2.34. The van der Waals surface area contributed by atoms with E-state index in [1.807, 2.05) is 11.3 Å². The average molecular weight is 749 g/mol. The molecule has 11 rings (SSSR count). The average Bonchev–Trinajstić information content (AvgIpc) is 3.74. The van der Waals surface area contributed by atoms with Gasteiger partial charge in [0.25, 0.3) is 0 Å². The van der Waals surface area contributed by atoms with Crippen LogP contribution in [0.15, 0.2) is 182 Å². The summed E-state index contributed by atoms with van der Waals surface area (Å²) in [4.78, 5) is 2.39. The highest BCUT2D eigenvalue weighted by Gasteiger charge is 2.35. The van der Waals surface area contributed by atoms with Gasteiger partial charge in [0.1, 0.15) is 0 Å². The van der Waals surface area contributed by atoms with E-state index >= 15 is 0 Å². The molecule has 0 saturated heterocycles. The van der Waals surface area contributed by atoms with Gasteiger partial charge in [0, 0.05) is 48.6 Å². The summed E-state index contributed by atoms with van der Waals surface area (Å²) in [7, 11) is 0. The van der Waals surface area contributed by atoms with Crippen molar-refractivity contribution in [3.05, 3.63) is 198 Å². The lowest BCUT2D eigenvalue weighted by atomic mass is 9.81. The number of rotatable bonds is 3. The van der Waals surface area contributed by atoms with Gasteiger partial charge in [-0.2, -0.15) is 0 Å². The zero-order valence-electron chi connectivity index (χ0n) is 32.2. The Balaban J connectivity index is 1.18. The molecule has 0 radical (unpaired) electrons. The van der Waals surface area contributed by atoms with Gasteiger partial charge in [0.05, 0.1) is 11.4 Å². The molecule has 1 aromatic heterocycles. The van der Waals surface area contributed by atoms with Crippen molar-refractivity contribution in [1.82, 2.24) is 0 Å². The third-order valence-electron chi connectivity index (χ3n) is 12.4. The molecule has 2 heterocycles. The van der Waals surface area contributed by atoms with Crippen LogP contribution in [-0.2, 0) is 5.41 Å². The van der Waals surface area contributed by atoms with Gasteiger partial charge in [-0.15, -0.1) is 11.3 Å². The van der Waals surface area contributed by atoms with Crippen LogP contribution in [0.3, 0.4) is 0 Å². The number of anilines is 2. The summed E-state index contributed by atoms with van der Waals surface area (Å²) in [6.45, 7) is 6.84. The fraction of sp³-hybridized carbons (Fsp3) is 0.0741. The highest BCUT2D eigenvalue weighted by molar-refractivity contribution is 7.25. The number of hydrogen-bond acceptors (Lipinski definition) is 3. The molecule has 0 spiro atoms. The molecule has 0 unspecified atom stereocenters. The second kappa shape index (κ2) is 12.7. The molecule has 0 saturated carbocycles. The fourth-order valence-electron chi connectivity index (χ4n) is 9.68. The normalized spacial score (nSPS) is 15.5. The molecule has 0 bridgehead atoms. The van der Waals surface area contributed by atoms with Crippen LogP contribution in [0, 0.1) is 0 Å². The molecule has 2 nitrogen and oxygen atoms in total. The first-order valence-electron chi connectivity index (χ1n) is 19.7. The van der Waals surface area contributed by atoms with Gasteiger partial charge < -0.3 is 10.6 Å². The maximum atomic E-state index is 6.81. The monoisotopic (exact) mass is 748 g/mol. The number of thiophene rings is 1. The Morgan fingerprint density at radius 2 is 1.18 bits per heavy atom. The molecule has 0 amide bonds. The number of nitrogens with two attached hydrogens (primary N) is 1. The summed E-state index contributed by atoms with van der Waals surface area (Å²) in [6.07, 6.45) is 4.01. The van der Waals surface area contributed by atoms with Crippen molar-refractivity contribution >= 4 is 59.2 Å². The molecule has 2 N–H and O–H groups in total. The van der Waals surface area contributed by atoms with Crippen molar-refractivity contribution in [2.24, 2.45) is 5.73 Å². The Morgan fingerprint density at radius 3 is 1.98 bits per heavy atom. The number of fused-ring (bicyclic) bond motifs is 8. The molecule has 57 heavy (non-hydrogen) atoms. The van der Waals surface area contributed by atoms with Crippen LogP contribution in [0.4, 0.5) is 11.4 Å². The minimum atomic E-state index is -0.110. The number of hydrogen-bond donors (Lipinski definition) is 1. The molecule has 272 valence electrons. The first-order valence-corrected chi connectivity index (χ1v) is 20.6. The second-order valence-corrected chi connectivity index (χ2v) is 16.9. The number of benzene rings is 8.